The number of esters is 1. The number of carbonyl (C=O) groups excluding carboxylic acids is 1. The second kappa shape index (κ2) is 12.9. The number of anilines is 1. The molecule has 0 saturated carbocycles. The van der Waals surface area contributed by atoms with E-state index in [1.807, 2.05) is 24.3 Å². The molecule has 2 N–H and O–H groups in total. The number of rotatable bonds is 10. The van der Waals surface area contributed by atoms with Gasteiger partial charge in [0, 0.05) is 43.5 Å². The second-order valence-corrected chi connectivity index (χ2v) is 10.2. The minimum absolute atomic E-state index is 0.0908. The maximum Gasteiger partial charge on any atom is 0.335 e. The molecule has 2 aromatic heterocycles. The molecular weight excluding hydrogens is 556 g/mol. The van der Waals surface area contributed by atoms with Gasteiger partial charge in [-0.1, -0.05) is 12.1 Å². The van der Waals surface area contributed by atoms with Gasteiger partial charge in [0.2, 0.25) is 11.2 Å². The van der Waals surface area contributed by atoms with Crippen molar-refractivity contribution in [2.24, 2.45) is 0 Å². The zero-order chi connectivity index (χ0) is 30.5. The van der Waals surface area contributed by atoms with E-state index in [2.05, 4.69) is 9.80 Å². The molecule has 1 atom stereocenters. The topological polar surface area (TPSA) is 143 Å². The number of piperazine rings is 1. The van der Waals surface area contributed by atoms with Crippen molar-refractivity contribution >= 4 is 17.6 Å². The monoisotopic (exact) mass is 588 g/mol. The van der Waals surface area contributed by atoms with Crippen LogP contribution in [-0.2, 0) is 16.1 Å². The number of aromatic hydroxyl groups is 1. The summed E-state index contributed by atoms with van der Waals surface area (Å²) in [5.41, 5.74) is 1.21. The minimum atomic E-state index is -1.05. The number of hydrogen-bond donors (Lipinski definition) is 2. The van der Waals surface area contributed by atoms with Gasteiger partial charge in [0.25, 0.3) is 0 Å². The summed E-state index contributed by atoms with van der Waals surface area (Å²) in [5, 5.41) is 19.9. The first kappa shape index (κ1) is 29.5. The smallest absolute Gasteiger partial charge is 0.335 e. The first-order valence-electron chi connectivity index (χ1n) is 13.7. The van der Waals surface area contributed by atoms with E-state index < -0.39 is 29.0 Å². The third-order valence-electron chi connectivity index (χ3n) is 7.49. The van der Waals surface area contributed by atoms with Crippen LogP contribution in [0.1, 0.15) is 40.0 Å². The van der Waals surface area contributed by atoms with Crippen molar-refractivity contribution in [1.29, 1.82) is 0 Å². The summed E-state index contributed by atoms with van der Waals surface area (Å²) < 4.78 is 22.2. The molecule has 1 unspecified atom stereocenters. The number of furan rings is 1. The molecule has 1 fully saturated rings. The van der Waals surface area contributed by atoms with E-state index in [0.717, 1.165) is 37.6 Å². The quantitative estimate of drug-likeness (QED) is 0.256. The molecule has 1 aliphatic heterocycles. The number of carboxylic acid groups (broad SMARTS) is 1. The molecule has 3 heterocycles. The van der Waals surface area contributed by atoms with Gasteiger partial charge < -0.3 is 33.4 Å². The lowest BCUT2D eigenvalue weighted by molar-refractivity contribution is -0.141. The Labute approximate surface area is 247 Å². The molecule has 0 aliphatic carbocycles. The molecule has 11 heteroatoms. The number of hydrogen-bond acceptors (Lipinski definition) is 10. The van der Waals surface area contributed by atoms with Gasteiger partial charge in [-0.15, -0.1) is 0 Å². The predicted octanol–water partition coefficient (Wildman–Crippen LogP) is 4.33. The van der Waals surface area contributed by atoms with Crippen LogP contribution in [0.25, 0.3) is 11.3 Å². The SMILES string of the molecule is COC(=O)CC(c1ccc(-c2ccc(C(=O)O)cc2)o1)c1oc(CN2CCN(c3ccc(OC)cc3)CC2)cc(=O)c1O. The first-order valence-corrected chi connectivity index (χ1v) is 13.7. The van der Waals surface area contributed by atoms with Crippen LogP contribution in [0.4, 0.5) is 5.69 Å². The molecule has 0 amide bonds. The van der Waals surface area contributed by atoms with Gasteiger partial charge >= 0.3 is 11.9 Å². The molecule has 0 spiro atoms. The Bertz CT molecular complexity index is 1630. The molecule has 43 heavy (non-hydrogen) atoms. The third kappa shape index (κ3) is 6.73. The lowest BCUT2D eigenvalue weighted by atomic mass is 9.98. The minimum Gasteiger partial charge on any atom is -0.502 e. The molecule has 1 saturated heterocycles. The zero-order valence-electron chi connectivity index (χ0n) is 23.8. The fraction of sp³-hybridized carbons (Fsp3) is 0.281. The Kier molecular flexibility index (Phi) is 8.82. The van der Waals surface area contributed by atoms with Gasteiger partial charge in [0.1, 0.15) is 23.0 Å². The molecule has 0 bridgehead atoms. The van der Waals surface area contributed by atoms with Gasteiger partial charge in [0.05, 0.1) is 38.7 Å². The zero-order valence-corrected chi connectivity index (χ0v) is 23.8. The van der Waals surface area contributed by atoms with Crippen LogP contribution < -0.4 is 15.1 Å². The summed E-state index contributed by atoms with van der Waals surface area (Å²) in [6.45, 7) is 3.33. The maximum atomic E-state index is 12.9. The third-order valence-corrected chi connectivity index (χ3v) is 7.49. The van der Waals surface area contributed by atoms with Crippen LogP contribution in [-0.4, -0.2) is 67.5 Å². The average Bonchev–Trinajstić information content (AvgIpc) is 3.52. The molecule has 0 radical (unpaired) electrons. The molecular formula is C32H32N2O9. The maximum absolute atomic E-state index is 12.9. The molecule has 224 valence electrons. The summed E-state index contributed by atoms with van der Waals surface area (Å²) in [6, 6.07) is 18.6. The van der Waals surface area contributed by atoms with Crippen molar-refractivity contribution in [3.8, 4) is 22.8 Å². The van der Waals surface area contributed by atoms with Gasteiger partial charge in [0.15, 0.2) is 5.76 Å². The van der Waals surface area contributed by atoms with Gasteiger partial charge in [-0.2, -0.15) is 0 Å². The van der Waals surface area contributed by atoms with Crippen molar-refractivity contribution in [3.05, 3.63) is 99.8 Å². The highest BCUT2D eigenvalue weighted by molar-refractivity contribution is 5.88. The summed E-state index contributed by atoms with van der Waals surface area (Å²) >= 11 is 0. The van der Waals surface area contributed by atoms with Crippen LogP contribution in [0, 0.1) is 0 Å². The summed E-state index contributed by atoms with van der Waals surface area (Å²) in [5.74, 6) is -1.45. The molecule has 4 aromatic rings. The lowest BCUT2D eigenvalue weighted by Gasteiger charge is -2.35. The highest BCUT2D eigenvalue weighted by atomic mass is 16.5. The van der Waals surface area contributed by atoms with Crippen molar-refractivity contribution in [2.45, 2.75) is 18.9 Å². The Morgan fingerprint density at radius 2 is 1.63 bits per heavy atom. The fourth-order valence-corrected chi connectivity index (χ4v) is 5.09. The van der Waals surface area contributed by atoms with E-state index >= 15 is 0 Å². The number of ether oxygens (including phenoxy) is 2. The van der Waals surface area contributed by atoms with E-state index in [1.165, 1.54) is 25.3 Å². The van der Waals surface area contributed by atoms with Gasteiger partial charge in [-0.3, -0.25) is 14.5 Å². The Morgan fingerprint density at radius 1 is 0.930 bits per heavy atom. The highest BCUT2D eigenvalue weighted by Gasteiger charge is 2.30. The van der Waals surface area contributed by atoms with Crippen molar-refractivity contribution in [1.82, 2.24) is 4.90 Å². The summed E-state index contributed by atoms with van der Waals surface area (Å²) in [4.78, 5) is 40.9. The van der Waals surface area contributed by atoms with Crippen LogP contribution in [0.3, 0.4) is 0 Å². The average molecular weight is 589 g/mol. The number of carboxylic acids is 1. The largest absolute Gasteiger partial charge is 0.502 e. The summed E-state index contributed by atoms with van der Waals surface area (Å²) in [7, 11) is 2.88. The van der Waals surface area contributed by atoms with Crippen LogP contribution in [0.2, 0.25) is 0 Å². The number of nitrogens with zero attached hydrogens (tertiary/aromatic N) is 2. The first-order chi connectivity index (χ1) is 20.7. The fourth-order valence-electron chi connectivity index (χ4n) is 5.09. The number of carbonyl (C=O) groups is 2. The van der Waals surface area contributed by atoms with Gasteiger partial charge in [-0.05, 0) is 48.5 Å². The summed E-state index contributed by atoms with van der Waals surface area (Å²) in [6.07, 6.45) is -0.248. The van der Waals surface area contributed by atoms with Crippen LogP contribution >= 0.6 is 0 Å². The molecule has 11 nitrogen and oxygen atoms in total. The van der Waals surface area contributed by atoms with Crippen molar-refractivity contribution < 1.29 is 38.1 Å². The van der Waals surface area contributed by atoms with E-state index in [1.54, 1.807) is 31.4 Å². The highest BCUT2D eigenvalue weighted by Crippen LogP contribution is 2.36. The van der Waals surface area contributed by atoms with E-state index in [-0.39, 0.29) is 23.5 Å². The lowest BCUT2D eigenvalue weighted by Crippen LogP contribution is -2.46. The van der Waals surface area contributed by atoms with E-state index in [9.17, 15) is 24.6 Å². The van der Waals surface area contributed by atoms with Crippen LogP contribution in [0.15, 0.2) is 80.4 Å². The number of methoxy groups -OCH3 is 2. The second-order valence-electron chi connectivity index (χ2n) is 10.2. The standard InChI is InChI=1S/C32H32N2O9/c1-40-23-9-7-22(8-10-23)34-15-13-33(14-16-34)19-24-17-26(35)30(37)31(42-24)25(18-29(36)41-2)28-12-11-27(43-28)20-3-5-21(6-4-20)32(38)39/h3-12,17,25,37H,13-16,18-19H2,1-2H3,(H,38,39). The van der Waals surface area contributed by atoms with Gasteiger partial charge in [-0.25, -0.2) is 4.79 Å². The predicted molar refractivity (Wildman–Crippen MR) is 157 cm³/mol. The Balaban J connectivity index is 1.36. The Morgan fingerprint density at radius 3 is 2.26 bits per heavy atom. The number of benzene rings is 2. The number of aromatic carboxylic acids is 1. The van der Waals surface area contributed by atoms with Crippen molar-refractivity contribution in [2.75, 3.05) is 45.3 Å². The van der Waals surface area contributed by atoms with E-state index in [0.29, 0.717) is 23.6 Å². The molecule has 2 aromatic carbocycles. The molecule has 1 aliphatic rings. The van der Waals surface area contributed by atoms with Crippen molar-refractivity contribution in [3.63, 3.8) is 0 Å². The normalized spacial score (nSPS) is 14.3. The Hall–Kier alpha value is -5.03. The van der Waals surface area contributed by atoms with Crippen LogP contribution in [0.5, 0.6) is 11.5 Å². The van der Waals surface area contributed by atoms with E-state index in [4.69, 9.17) is 18.3 Å². The molecule has 5 rings (SSSR count).